The first-order valence-corrected chi connectivity index (χ1v) is 14.3. The van der Waals surface area contributed by atoms with Crippen molar-refractivity contribution < 1.29 is 4.79 Å². The minimum Gasteiger partial charge on any atom is -0.363 e. The van der Waals surface area contributed by atoms with Gasteiger partial charge < -0.3 is 4.90 Å². The van der Waals surface area contributed by atoms with Crippen LogP contribution in [-0.2, 0) is 5.41 Å². The Hall–Kier alpha value is -4.17. The number of benzene rings is 4. The maximum Gasteiger partial charge on any atom is 0.173 e. The summed E-state index contributed by atoms with van der Waals surface area (Å²) in [4.78, 5) is 17.4. The number of rotatable bonds is 5. The van der Waals surface area contributed by atoms with E-state index in [4.69, 9.17) is 0 Å². The first kappa shape index (κ1) is 26.1. The SMILES string of the molecule is CC[C@@]1(C)c2ccccc2N(C)[C@@]12C=C(c1ccc(C)cc1)C=C(c1ccccc1)[C@@H]2C(=O)c1ccc(C)cc1. The van der Waals surface area contributed by atoms with Crippen LogP contribution >= 0.6 is 0 Å². The Balaban J connectivity index is 1.69. The molecule has 200 valence electrons. The van der Waals surface area contributed by atoms with Gasteiger partial charge in [-0.2, -0.15) is 0 Å². The normalized spacial score (nSPS) is 23.5. The Labute approximate surface area is 238 Å². The van der Waals surface area contributed by atoms with Gasteiger partial charge in [-0.1, -0.05) is 122 Å². The van der Waals surface area contributed by atoms with E-state index in [1.54, 1.807) is 0 Å². The molecule has 4 aromatic rings. The molecule has 1 spiro atoms. The van der Waals surface area contributed by atoms with Crippen molar-refractivity contribution in [2.24, 2.45) is 5.92 Å². The number of para-hydroxylation sites is 1. The highest BCUT2D eigenvalue weighted by Crippen LogP contribution is 2.61. The number of fused-ring (bicyclic) bond motifs is 1. The van der Waals surface area contributed by atoms with E-state index in [1.807, 2.05) is 30.3 Å². The molecule has 0 bridgehead atoms. The van der Waals surface area contributed by atoms with Crippen molar-refractivity contribution in [2.45, 2.75) is 45.1 Å². The topological polar surface area (TPSA) is 20.3 Å². The standard InChI is InChI=1S/C38H37NO/c1-6-37(4)33-14-10-11-15-34(33)39(5)38(37)25-31(28-20-16-26(2)17-21-28)24-32(29-12-8-7-9-13-29)35(38)36(40)30-22-18-27(3)19-23-30/h7-25,35H,6H2,1-5H3/t35-,37+,38-/m1/s1. The van der Waals surface area contributed by atoms with Gasteiger partial charge in [-0.3, -0.25) is 4.79 Å². The summed E-state index contributed by atoms with van der Waals surface area (Å²) in [6.45, 7) is 8.82. The first-order valence-electron chi connectivity index (χ1n) is 14.3. The molecule has 0 amide bonds. The van der Waals surface area contributed by atoms with Crippen LogP contribution in [0.5, 0.6) is 0 Å². The number of hydrogen-bond acceptors (Lipinski definition) is 2. The molecule has 6 rings (SSSR count). The van der Waals surface area contributed by atoms with Crippen molar-refractivity contribution >= 4 is 22.6 Å². The highest BCUT2D eigenvalue weighted by molar-refractivity contribution is 6.10. The summed E-state index contributed by atoms with van der Waals surface area (Å²) in [5.74, 6) is -0.247. The minimum absolute atomic E-state index is 0.161. The van der Waals surface area contributed by atoms with Gasteiger partial charge in [-0.15, -0.1) is 0 Å². The average Bonchev–Trinajstić information content (AvgIpc) is 3.17. The second kappa shape index (κ2) is 9.78. The number of hydrogen-bond donors (Lipinski definition) is 0. The molecule has 0 fully saturated rings. The van der Waals surface area contributed by atoms with Gasteiger partial charge in [-0.05, 0) is 66.3 Å². The lowest BCUT2D eigenvalue weighted by molar-refractivity contribution is 0.0877. The fourth-order valence-electron chi connectivity index (χ4n) is 7.13. The molecular weight excluding hydrogens is 486 g/mol. The quantitative estimate of drug-likeness (QED) is 0.244. The Morgan fingerprint density at radius 3 is 2.02 bits per heavy atom. The molecule has 0 radical (unpaired) electrons. The lowest BCUT2D eigenvalue weighted by atomic mass is 9.55. The Morgan fingerprint density at radius 1 is 0.775 bits per heavy atom. The van der Waals surface area contributed by atoms with Gasteiger partial charge >= 0.3 is 0 Å². The van der Waals surface area contributed by atoms with Crippen LogP contribution in [0.2, 0.25) is 0 Å². The second-order valence-corrected chi connectivity index (χ2v) is 11.7. The number of carbonyl (C=O) groups is 1. The molecule has 0 aromatic heterocycles. The second-order valence-electron chi connectivity index (χ2n) is 11.7. The van der Waals surface area contributed by atoms with Gasteiger partial charge in [-0.25, -0.2) is 0 Å². The van der Waals surface area contributed by atoms with Gasteiger partial charge in [0, 0.05) is 23.7 Å². The highest BCUT2D eigenvalue weighted by atomic mass is 16.1. The fourth-order valence-corrected chi connectivity index (χ4v) is 7.13. The van der Waals surface area contributed by atoms with Crippen molar-refractivity contribution in [3.8, 4) is 0 Å². The fraction of sp³-hybridized carbons (Fsp3) is 0.237. The molecule has 1 heterocycles. The molecular formula is C38H37NO. The molecule has 0 unspecified atom stereocenters. The maximum absolute atomic E-state index is 14.9. The lowest BCUT2D eigenvalue weighted by Crippen LogP contribution is -2.62. The van der Waals surface area contributed by atoms with Crippen LogP contribution in [0, 0.1) is 19.8 Å². The van der Waals surface area contributed by atoms with E-state index >= 15 is 0 Å². The molecule has 3 atom stereocenters. The van der Waals surface area contributed by atoms with E-state index < -0.39 is 11.5 Å². The highest BCUT2D eigenvalue weighted by Gasteiger charge is 2.63. The van der Waals surface area contributed by atoms with E-state index in [9.17, 15) is 4.79 Å². The summed E-state index contributed by atoms with van der Waals surface area (Å²) in [6.07, 6.45) is 5.59. The van der Waals surface area contributed by atoms with Crippen molar-refractivity contribution in [3.63, 3.8) is 0 Å². The molecule has 0 saturated heterocycles. The lowest BCUT2D eigenvalue weighted by Gasteiger charge is -2.53. The molecule has 2 nitrogen and oxygen atoms in total. The van der Waals surface area contributed by atoms with Crippen LogP contribution in [-0.4, -0.2) is 18.4 Å². The molecule has 4 aromatic carbocycles. The molecule has 2 aliphatic rings. The van der Waals surface area contributed by atoms with E-state index in [-0.39, 0.29) is 11.2 Å². The third kappa shape index (κ3) is 3.81. The van der Waals surface area contributed by atoms with Crippen LogP contribution in [0.15, 0.2) is 115 Å². The van der Waals surface area contributed by atoms with Crippen molar-refractivity contribution in [1.29, 1.82) is 0 Å². The molecule has 1 aliphatic heterocycles. The summed E-state index contributed by atoms with van der Waals surface area (Å²) in [6, 6.07) is 36.1. The number of Topliss-reactive ketones (excluding diaryl/α,β-unsaturated/α-hetero) is 1. The number of carbonyl (C=O) groups excluding carboxylic acids is 1. The summed E-state index contributed by atoms with van der Waals surface area (Å²) in [5.41, 5.74) is 9.20. The Kier molecular flexibility index (Phi) is 6.38. The van der Waals surface area contributed by atoms with Gasteiger partial charge in [0.2, 0.25) is 0 Å². The molecule has 0 saturated carbocycles. The molecule has 0 N–H and O–H groups in total. The van der Waals surface area contributed by atoms with E-state index in [0.29, 0.717) is 0 Å². The van der Waals surface area contributed by atoms with E-state index in [0.717, 1.165) is 34.3 Å². The van der Waals surface area contributed by atoms with Gasteiger partial charge in [0.1, 0.15) is 0 Å². The van der Waals surface area contributed by atoms with Crippen molar-refractivity contribution in [3.05, 3.63) is 149 Å². The maximum atomic E-state index is 14.9. The molecule has 1 aliphatic carbocycles. The average molecular weight is 524 g/mol. The molecule has 2 heteroatoms. The Morgan fingerprint density at radius 2 is 1.38 bits per heavy atom. The van der Waals surface area contributed by atoms with Crippen LogP contribution in [0.4, 0.5) is 5.69 Å². The van der Waals surface area contributed by atoms with E-state index in [1.165, 1.54) is 22.4 Å². The van der Waals surface area contributed by atoms with Gasteiger partial charge in [0.25, 0.3) is 0 Å². The third-order valence-corrected chi connectivity index (χ3v) is 9.53. The van der Waals surface area contributed by atoms with Crippen LogP contribution in [0.1, 0.15) is 58.4 Å². The predicted octanol–water partition coefficient (Wildman–Crippen LogP) is 8.84. The zero-order valence-corrected chi connectivity index (χ0v) is 24.1. The summed E-state index contributed by atoms with van der Waals surface area (Å²) >= 11 is 0. The number of ketones is 1. The van der Waals surface area contributed by atoms with Crippen molar-refractivity contribution in [2.75, 3.05) is 11.9 Å². The third-order valence-electron chi connectivity index (χ3n) is 9.53. The zero-order valence-electron chi connectivity index (χ0n) is 24.1. The number of likely N-dealkylation sites (N-methyl/N-ethyl adjacent to an activating group) is 1. The minimum atomic E-state index is -0.618. The van der Waals surface area contributed by atoms with Gasteiger partial charge in [0.05, 0.1) is 11.5 Å². The largest absolute Gasteiger partial charge is 0.363 e. The van der Waals surface area contributed by atoms with Crippen LogP contribution < -0.4 is 4.90 Å². The number of anilines is 1. The first-order chi connectivity index (χ1) is 19.3. The summed E-state index contributed by atoms with van der Waals surface area (Å²) in [7, 11) is 2.19. The monoisotopic (exact) mass is 523 g/mol. The van der Waals surface area contributed by atoms with Crippen LogP contribution in [0.3, 0.4) is 0 Å². The zero-order chi connectivity index (χ0) is 28.1. The number of nitrogens with zero attached hydrogens (tertiary/aromatic N) is 1. The smallest absolute Gasteiger partial charge is 0.173 e. The van der Waals surface area contributed by atoms with Gasteiger partial charge in [0.15, 0.2) is 5.78 Å². The van der Waals surface area contributed by atoms with Crippen LogP contribution in [0.25, 0.3) is 11.1 Å². The summed E-state index contributed by atoms with van der Waals surface area (Å²) in [5, 5.41) is 0. The summed E-state index contributed by atoms with van der Waals surface area (Å²) < 4.78 is 0. The number of allylic oxidation sites excluding steroid dienone is 2. The molecule has 40 heavy (non-hydrogen) atoms. The van der Waals surface area contributed by atoms with E-state index in [2.05, 4.69) is 125 Å². The predicted molar refractivity (Wildman–Crippen MR) is 168 cm³/mol. The Bertz CT molecular complexity index is 1630. The van der Waals surface area contributed by atoms with Crippen molar-refractivity contribution in [1.82, 2.24) is 0 Å². The number of aryl methyl sites for hydroxylation is 2.